The van der Waals surface area contributed by atoms with Crippen molar-refractivity contribution >= 4 is 29.3 Å². The van der Waals surface area contributed by atoms with E-state index in [0.717, 1.165) is 16.8 Å². The molecule has 1 aromatic heterocycles. The Labute approximate surface area is 127 Å². The number of halogens is 1. The molecule has 0 atom stereocenters. The van der Waals surface area contributed by atoms with Gasteiger partial charge >= 0.3 is 5.97 Å². The Morgan fingerprint density at radius 3 is 2.55 bits per heavy atom. The molecule has 0 spiro atoms. The summed E-state index contributed by atoms with van der Waals surface area (Å²) in [6.07, 6.45) is 0. The van der Waals surface area contributed by atoms with Crippen LogP contribution in [0.5, 0.6) is 0 Å². The molecule has 0 bridgehead atoms. The van der Waals surface area contributed by atoms with Crippen molar-refractivity contribution in [1.82, 2.24) is 4.98 Å². The van der Waals surface area contributed by atoms with Gasteiger partial charge < -0.3 is 5.11 Å². The van der Waals surface area contributed by atoms with Gasteiger partial charge in [0.1, 0.15) is 5.03 Å². The number of aryl methyl sites for hydroxylation is 2. The third-order valence-corrected chi connectivity index (χ3v) is 4.11. The molecule has 0 aliphatic carbocycles. The number of hydrogen-bond donors (Lipinski definition) is 1. The Morgan fingerprint density at radius 2 is 1.95 bits per heavy atom. The van der Waals surface area contributed by atoms with Crippen LogP contribution in [0, 0.1) is 13.8 Å². The van der Waals surface area contributed by atoms with Crippen LogP contribution in [0.4, 0.5) is 0 Å². The van der Waals surface area contributed by atoms with Gasteiger partial charge in [0.25, 0.3) is 0 Å². The van der Waals surface area contributed by atoms with E-state index >= 15 is 0 Å². The molecule has 20 heavy (non-hydrogen) atoms. The van der Waals surface area contributed by atoms with Crippen LogP contribution in [0.25, 0.3) is 0 Å². The maximum atomic E-state index is 11.3. The van der Waals surface area contributed by atoms with Crippen LogP contribution in [0.3, 0.4) is 0 Å². The van der Waals surface area contributed by atoms with Crippen molar-refractivity contribution in [2.45, 2.75) is 24.6 Å². The summed E-state index contributed by atoms with van der Waals surface area (Å²) in [5, 5.41) is 10.5. The first-order valence-electron chi connectivity index (χ1n) is 6.06. The summed E-state index contributed by atoms with van der Waals surface area (Å²) in [6.45, 7) is 3.66. The Kier molecular flexibility index (Phi) is 4.68. The highest BCUT2D eigenvalue weighted by Crippen LogP contribution is 2.27. The van der Waals surface area contributed by atoms with Gasteiger partial charge in [-0.1, -0.05) is 23.7 Å². The van der Waals surface area contributed by atoms with Gasteiger partial charge in [-0.3, -0.25) is 0 Å². The highest BCUT2D eigenvalue weighted by Gasteiger charge is 2.16. The van der Waals surface area contributed by atoms with E-state index in [1.165, 1.54) is 11.8 Å². The first-order valence-corrected chi connectivity index (χ1v) is 7.42. The van der Waals surface area contributed by atoms with Crippen molar-refractivity contribution in [3.8, 4) is 0 Å². The van der Waals surface area contributed by atoms with Gasteiger partial charge in [-0.15, -0.1) is 11.8 Å². The number of aromatic carboxylic acids is 1. The third kappa shape index (κ3) is 3.52. The molecule has 0 aliphatic rings. The highest BCUT2D eigenvalue weighted by atomic mass is 35.5. The lowest BCUT2D eigenvalue weighted by atomic mass is 10.1. The SMILES string of the molecule is Cc1cc(C)c(C(=O)O)c(SCc2ccc(Cl)cc2)n1. The predicted molar refractivity (Wildman–Crippen MR) is 81.7 cm³/mol. The molecule has 3 nitrogen and oxygen atoms in total. The Bertz CT molecular complexity index is 641. The third-order valence-electron chi connectivity index (χ3n) is 2.81. The summed E-state index contributed by atoms with van der Waals surface area (Å²) < 4.78 is 0. The normalized spacial score (nSPS) is 10.6. The van der Waals surface area contributed by atoms with Gasteiger partial charge in [-0.2, -0.15) is 0 Å². The molecule has 5 heteroatoms. The van der Waals surface area contributed by atoms with E-state index in [2.05, 4.69) is 4.98 Å². The number of nitrogens with zero attached hydrogens (tertiary/aromatic N) is 1. The molecule has 1 N–H and O–H groups in total. The fourth-order valence-electron chi connectivity index (χ4n) is 1.90. The summed E-state index contributed by atoms with van der Waals surface area (Å²) in [5.41, 5.74) is 2.93. The number of hydrogen-bond acceptors (Lipinski definition) is 3. The molecule has 0 aliphatic heterocycles. The molecule has 1 heterocycles. The lowest BCUT2D eigenvalue weighted by Crippen LogP contribution is -2.05. The van der Waals surface area contributed by atoms with Crippen LogP contribution < -0.4 is 0 Å². The smallest absolute Gasteiger partial charge is 0.338 e. The van der Waals surface area contributed by atoms with Gasteiger partial charge in [0.15, 0.2) is 0 Å². The van der Waals surface area contributed by atoms with Gasteiger partial charge in [0.05, 0.1) is 5.56 Å². The average molecular weight is 308 g/mol. The van der Waals surface area contributed by atoms with Crippen molar-refractivity contribution < 1.29 is 9.90 Å². The number of aromatic nitrogens is 1. The molecular formula is C15H14ClNO2S. The first kappa shape index (κ1) is 14.9. The minimum atomic E-state index is -0.936. The minimum Gasteiger partial charge on any atom is -0.478 e. The van der Waals surface area contributed by atoms with Gasteiger partial charge in [-0.05, 0) is 43.2 Å². The molecule has 0 radical (unpaired) electrons. The summed E-state index contributed by atoms with van der Waals surface area (Å²) in [4.78, 5) is 15.7. The van der Waals surface area contributed by atoms with E-state index in [1.54, 1.807) is 13.0 Å². The number of carboxylic acid groups (broad SMARTS) is 1. The second-order valence-corrected chi connectivity index (χ2v) is 5.88. The fraction of sp³-hybridized carbons (Fsp3) is 0.200. The van der Waals surface area contributed by atoms with Crippen molar-refractivity contribution in [2.24, 2.45) is 0 Å². The number of pyridine rings is 1. The van der Waals surface area contributed by atoms with Crippen molar-refractivity contribution in [3.05, 3.63) is 57.7 Å². The molecule has 0 saturated heterocycles. The van der Waals surface area contributed by atoms with Crippen LogP contribution in [0.15, 0.2) is 35.4 Å². The molecule has 0 saturated carbocycles. The summed E-state index contributed by atoms with van der Waals surface area (Å²) in [7, 11) is 0. The lowest BCUT2D eigenvalue weighted by Gasteiger charge is -2.09. The maximum absolute atomic E-state index is 11.3. The largest absolute Gasteiger partial charge is 0.478 e. The van der Waals surface area contributed by atoms with E-state index < -0.39 is 5.97 Å². The van der Waals surface area contributed by atoms with Crippen molar-refractivity contribution in [2.75, 3.05) is 0 Å². The van der Waals surface area contributed by atoms with E-state index in [4.69, 9.17) is 11.6 Å². The Morgan fingerprint density at radius 1 is 1.30 bits per heavy atom. The van der Waals surface area contributed by atoms with Crippen LogP contribution in [0.2, 0.25) is 5.02 Å². The zero-order valence-corrected chi connectivity index (χ0v) is 12.8. The van der Waals surface area contributed by atoms with E-state index in [0.29, 0.717) is 15.8 Å². The predicted octanol–water partition coefficient (Wildman–Crippen LogP) is 4.34. The number of thioether (sulfide) groups is 1. The zero-order valence-electron chi connectivity index (χ0n) is 11.2. The zero-order chi connectivity index (χ0) is 14.7. The first-order chi connectivity index (χ1) is 9.47. The van der Waals surface area contributed by atoms with Gasteiger partial charge in [-0.25, -0.2) is 9.78 Å². The molecule has 0 unspecified atom stereocenters. The molecule has 2 aromatic rings. The van der Waals surface area contributed by atoms with Gasteiger partial charge in [0, 0.05) is 16.5 Å². The molecule has 1 aromatic carbocycles. The summed E-state index contributed by atoms with van der Waals surface area (Å²) >= 11 is 7.27. The molecule has 0 amide bonds. The van der Waals surface area contributed by atoms with Crippen LogP contribution in [-0.2, 0) is 5.75 Å². The number of carboxylic acids is 1. The van der Waals surface area contributed by atoms with Crippen molar-refractivity contribution in [3.63, 3.8) is 0 Å². The standard InChI is InChI=1S/C15H14ClNO2S/c1-9-7-10(2)17-14(13(9)15(18)19)20-8-11-3-5-12(16)6-4-11/h3-7H,8H2,1-2H3,(H,18,19). The number of carbonyl (C=O) groups is 1. The fourth-order valence-corrected chi connectivity index (χ4v) is 3.12. The monoisotopic (exact) mass is 307 g/mol. The minimum absolute atomic E-state index is 0.287. The summed E-state index contributed by atoms with van der Waals surface area (Å²) in [5.74, 6) is -0.276. The Hall–Kier alpha value is -1.52. The number of benzene rings is 1. The van der Waals surface area contributed by atoms with E-state index in [-0.39, 0.29) is 5.56 Å². The van der Waals surface area contributed by atoms with E-state index in [1.807, 2.05) is 31.2 Å². The maximum Gasteiger partial charge on any atom is 0.338 e. The molecule has 2 rings (SSSR count). The second kappa shape index (κ2) is 6.29. The van der Waals surface area contributed by atoms with Crippen molar-refractivity contribution in [1.29, 1.82) is 0 Å². The Balaban J connectivity index is 2.24. The molecular weight excluding hydrogens is 294 g/mol. The average Bonchev–Trinajstić information content (AvgIpc) is 2.36. The van der Waals surface area contributed by atoms with Gasteiger partial charge in [0.2, 0.25) is 0 Å². The lowest BCUT2D eigenvalue weighted by molar-refractivity contribution is 0.0691. The van der Waals surface area contributed by atoms with E-state index in [9.17, 15) is 9.90 Å². The van der Waals surface area contributed by atoms with Crippen LogP contribution in [-0.4, -0.2) is 16.1 Å². The summed E-state index contributed by atoms with van der Waals surface area (Å²) in [6, 6.07) is 9.29. The molecule has 0 fully saturated rings. The number of rotatable bonds is 4. The quantitative estimate of drug-likeness (QED) is 0.854. The van der Waals surface area contributed by atoms with Crippen LogP contribution >= 0.6 is 23.4 Å². The topological polar surface area (TPSA) is 50.2 Å². The second-order valence-electron chi connectivity index (χ2n) is 4.48. The van der Waals surface area contributed by atoms with Crippen LogP contribution in [0.1, 0.15) is 27.2 Å². The molecule has 104 valence electrons. The highest BCUT2D eigenvalue weighted by molar-refractivity contribution is 7.98.